The average molecular weight is 481 g/mol. The lowest BCUT2D eigenvalue weighted by Crippen LogP contribution is -2.33. The zero-order chi connectivity index (χ0) is 24.4. The summed E-state index contributed by atoms with van der Waals surface area (Å²) in [6, 6.07) is 10.3. The summed E-state index contributed by atoms with van der Waals surface area (Å²) >= 11 is 0. The first-order chi connectivity index (χ1) is 17.0. The minimum Gasteiger partial charge on any atom is -0.330 e. The lowest BCUT2D eigenvalue weighted by atomic mass is 9.90. The van der Waals surface area contributed by atoms with E-state index in [1.165, 1.54) is 12.1 Å². The summed E-state index contributed by atoms with van der Waals surface area (Å²) in [5, 5.41) is 0. The highest BCUT2D eigenvalue weighted by Crippen LogP contribution is 2.33. The van der Waals surface area contributed by atoms with E-state index in [1.54, 1.807) is 17.3 Å². The summed E-state index contributed by atoms with van der Waals surface area (Å²) in [4.78, 5) is 25.0. The van der Waals surface area contributed by atoms with Gasteiger partial charge in [0.2, 0.25) is 11.9 Å². The van der Waals surface area contributed by atoms with Gasteiger partial charge in [0.25, 0.3) is 0 Å². The van der Waals surface area contributed by atoms with Gasteiger partial charge >= 0.3 is 0 Å². The molecule has 2 saturated heterocycles. The number of likely N-dealkylation sites (tertiary alicyclic amines) is 2. The van der Waals surface area contributed by atoms with Crippen molar-refractivity contribution in [3.8, 4) is 0 Å². The molecule has 1 atom stereocenters. The van der Waals surface area contributed by atoms with E-state index in [4.69, 9.17) is 0 Å². The van der Waals surface area contributed by atoms with Gasteiger partial charge in [-0.25, -0.2) is 13.8 Å². The Bertz CT molecular complexity index is 1180. The fourth-order valence-electron chi connectivity index (χ4n) is 5.14. The lowest BCUT2D eigenvalue weighted by molar-refractivity contribution is -0.129. The Labute approximate surface area is 202 Å². The molecular weight excluding hydrogens is 453 g/mol. The van der Waals surface area contributed by atoms with Crippen molar-refractivity contribution in [2.75, 3.05) is 19.6 Å². The predicted molar refractivity (Wildman–Crippen MR) is 125 cm³/mol. The van der Waals surface area contributed by atoms with E-state index in [0.29, 0.717) is 30.1 Å². The minimum atomic E-state index is -0.935. The third-order valence-corrected chi connectivity index (χ3v) is 7.02. The number of aromatic nitrogens is 2. The minimum absolute atomic E-state index is 0.00941. The Morgan fingerprint density at radius 1 is 0.914 bits per heavy atom. The largest absolute Gasteiger partial charge is 0.330 e. The molecule has 182 valence electrons. The van der Waals surface area contributed by atoms with Crippen LogP contribution in [0.3, 0.4) is 0 Å². The van der Waals surface area contributed by atoms with Gasteiger partial charge < -0.3 is 4.90 Å². The molecule has 2 fully saturated rings. The zero-order valence-corrected chi connectivity index (χ0v) is 19.3. The highest BCUT2D eigenvalue weighted by atomic mass is 19.2. The highest BCUT2D eigenvalue weighted by Gasteiger charge is 2.31. The predicted octanol–water partition coefficient (Wildman–Crippen LogP) is 4.99. The van der Waals surface area contributed by atoms with Crippen LogP contribution in [0, 0.1) is 17.6 Å². The van der Waals surface area contributed by atoms with Crippen LogP contribution in [0.2, 0.25) is 0 Å². The van der Waals surface area contributed by atoms with Crippen molar-refractivity contribution >= 4 is 5.91 Å². The summed E-state index contributed by atoms with van der Waals surface area (Å²) in [5.41, 5.74) is 3.28. The Morgan fingerprint density at radius 3 is 2.37 bits per heavy atom. The smallest absolute Gasteiger partial charge is 0.223 e. The molecule has 0 bridgehead atoms. The van der Waals surface area contributed by atoms with Gasteiger partial charge in [0.1, 0.15) is 0 Å². The molecule has 8 heteroatoms. The van der Waals surface area contributed by atoms with E-state index in [0.717, 1.165) is 62.2 Å². The molecule has 0 N–H and O–H groups in total. The molecule has 0 spiro atoms. The SMILES string of the molecule is O=C1CCCN1C(c1ccc(F)c(F)c1)c1ccc(CN2CCC(c3ccc(F)nc3)CC2)cn1. The van der Waals surface area contributed by atoms with Crippen LogP contribution in [0.25, 0.3) is 0 Å². The topological polar surface area (TPSA) is 49.3 Å². The summed E-state index contributed by atoms with van der Waals surface area (Å²) in [6.07, 6.45) is 6.58. The number of carbonyl (C=O) groups excluding carboxylic acids is 1. The first kappa shape index (κ1) is 23.5. The molecular formula is C27H27F3N4O. The van der Waals surface area contributed by atoms with Crippen LogP contribution in [0.5, 0.6) is 0 Å². The van der Waals surface area contributed by atoms with E-state index < -0.39 is 23.6 Å². The molecule has 0 aliphatic carbocycles. The summed E-state index contributed by atoms with van der Waals surface area (Å²) in [5.74, 6) is -1.93. The van der Waals surface area contributed by atoms with Crippen molar-refractivity contribution in [2.24, 2.45) is 0 Å². The summed E-state index contributed by atoms with van der Waals surface area (Å²) in [6.45, 7) is 3.15. The molecule has 3 aromatic rings. The van der Waals surface area contributed by atoms with Gasteiger partial charge in [-0.15, -0.1) is 0 Å². The van der Waals surface area contributed by atoms with E-state index in [2.05, 4.69) is 14.9 Å². The number of piperidine rings is 1. The first-order valence-corrected chi connectivity index (χ1v) is 12.0. The second-order valence-corrected chi connectivity index (χ2v) is 9.32. The molecule has 1 amide bonds. The molecule has 5 rings (SSSR count). The van der Waals surface area contributed by atoms with Crippen LogP contribution in [-0.4, -0.2) is 45.3 Å². The van der Waals surface area contributed by atoms with Gasteiger partial charge in [-0.05, 0) is 79.2 Å². The number of amides is 1. The van der Waals surface area contributed by atoms with Crippen LogP contribution in [0.4, 0.5) is 13.2 Å². The number of carbonyl (C=O) groups is 1. The third-order valence-electron chi connectivity index (χ3n) is 7.02. The van der Waals surface area contributed by atoms with Crippen molar-refractivity contribution < 1.29 is 18.0 Å². The van der Waals surface area contributed by atoms with Gasteiger partial charge in [-0.3, -0.25) is 14.7 Å². The Morgan fingerprint density at radius 2 is 1.74 bits per heavy atom. The van der Waals surface area contributed by atoms with E-state index in [-0.39, 0.29) is 5.91 Å². The number of halogens is 3. The van der Waals surface area contributed by atoms with Crippen LogP contribution in [0.1, 0.15) is 60.0 Å². The molecule has 2 aliphatic heterocycles. The molecule has 0 saturated carbocycles. The molecule has 5 nitrogen and oxygen atoms in total. The second-order valence-electron chi connectivity index (χ2n) is 9.32. The second kappa shape index (κ2) is 10.2. The summed E-state index contributed by atoms with van der Waals surface area (Å²) in [7, 11) is 0. The Hall–Kier alpha value is -3.26. The zero-order valence-electron chi connectivity index (χ0n) is 19.3. The maximum Gasteiger partial charge on any atom is 0.223 e. The molecule has 2 aromatic heterocycles. The third kappa shape index (κ3) is 5.22. The van der Waals surface area contributed by atoms with Crippen molar-refractivity contribution in [1.82, 2.24) is 19.8 Å². The number of rotatable bonds is 6. The normalized spacial score (nSPS) is 18.3. The fourth-order valence-corrected chi connectivity index (χ4v) is 5.14. The molecule has 4 heterocycles. The fraction of sp³-hybridized carbons (Fsp3) is 0.370. The molecule has 0 radical (unpaired) electrons. The quantitative estimate of drug-likeness (QED) is 0.467. The van der Waals surface area contributed by atoms with Gasteiger partial charge in [-0.2, -0.15) is 4.39 Å². The molecule has 35 heavy (non-hydrogen) atoms. The maximum atomic E-state index is 14.0. The first-order valence-electron chi connectivity index (χ1n) is 12.0. The maximum absolute atomic E-state index is 14.0. The van der Waals surface area contributed by atoms with E-state index in [1.807, 2.05) is 18.2 Å². The van der Waals surface area contributed by atoms with Crippen molar-refractivity contribution in [3.63, 3.8) is 0 Å². The lowest BCUT2D eigenvalue weighted by Gasteiger charge is -2.32. The molecule has 1 unspecified atom stereocenters. The van der Waals surface area contributed by atoms with Gasteiger partial charge in [0.05, 0.1) is 11.7 Å². The number of pyridine rings is 2. The average Bonchev–Trinajstić information content (AvgIpc) is 3.29. The number of hydrogen-bond donors (Lipinski definition) is 0. The molecule has 2 aliphatic rings. The van der Waals surface area contributed by atoms with E-state index >= 15 is 0 Å². The van der Waals surface area contributed by atoms with Crippen LogP contribution in [0.15, 0.2) is 54.9 Å². The highest BCUT2D eigenvalue weighted by molar-refractivity contribution is 5.79. The van der Waals surface area contributed by atoms with Crippen molar-refractivity contribution in [2.45, 2.75) is 44.2 Å². The van der Waals surface area contributed by atoms with E-state index in [9.17, 15) is 18.0 Å². The van der Waals surface area contributed by atoms with Crippen LogP contribution < -0.4 is 0 Å². The van der Waals surface area contributed by atoms with Crippen molar-refractivity contribution in [3.05, 3.63) is 94.8 Å². The van der Waals surface area contributed by atoms with Crippen LogP contribution >= 0.6 is 0 Å². The number of nitrogens with zero attached hydrogens (tertiary/aromatic N) is 4. The Kier molecular flexibility index (Phi) is 6.81. The number of benzene rings is 1. The Balaban J connectivity index is 1.27. The van der Waals surface area contributed by atoms with Gasteiger partial charge in [0.15, 0.2) is 11.6 Å². The standard InChI is InChI=1S/C27H27F3N4O/c28-22-6-4-20(14-23(22)29)27(34-11-1-2-26(34)35)24-7-3-18(15-31-24)17-33-12-9-19(10-13-33)21-5-8-25(30)32-16-21/h3-8,14-16,19,27H,1-2,9-13,17H2. The number of hydrogen-bond acceptors (Lipinski definition) is 4. The van der Waals surface area contributed by atoms with Crippen LogP contribution in [-0.2, 0) is 11.3 Å². The summed E-state index contributed by atoms with van der Waals surface area (Å²) < 4.78 is 40.6. The van der Waals surface area contributed by atoms with Crippen molar-refractivity contribution in [1.29, 1.82) is 0 Å². The monoisotopic (exact) mass is 480 g/mol. The van der Waals surface area contributed by atoms with Gasteiger partial charge in [0, 0.05) is 31.9 Å². The van der Waals surface area contributed by atoms with Gasteiger partial charge in [-0.1, -0.05) is 18.2 Å². The molecule has 1 aromatic carbocycles.